The lowest BCUT2D eigenvalue weighted by atomic mass is 10.0. The van der Waals surface area contributed by atoms with Gasteiger partial charge in [-0.25, -0.2) is 0 Å². The number of hydrogen-bond acceptors (Lipinski definition) is 10. The molecule has 1 aliphatic rings. The first-order valence-corrected chi connectivity index (χ1v) is 16.9. The normalized spacial score (nSPS) is 12.2. The standard InChI is InChI=1S/C35H41N5O7S/c1-6-45-29-18-24(19-30(46-7-2)33(29)47-8-3)34(42)36-21-31-37-38-35(40(31)27-20-25(43-4)15-16-28(27)44-5)48-22-32(41)39-17-11-13-23-12-9-10-14-26(23)39/h9-10,12,14-16,18-20H,6-8,11,13,17,21-22H2,1-5H3,(H,36,42). The maximum absolute atomic E-state index is 13.5. The van der Waals surface area contributed by atoms with Gasteiger partial charge in [0, 0.05) is 23.9 Å². The number of nitrogens with one attached hydrogen (secondary N) is 1. The lowest BCUT2D eigenvalue weighted by Crippen LogP contribution is -2.36. The van der Waals surface area contributed by atoms with Crippen LogP contribution in [-0.2, 0) is 17.8 Å². The van der Waals surface area contributed by atoms with Gasteiger partial charge in [-0.15, -0.1) is 10.2 Å². The average Bonchev–Trinajstić information content (AvgIpc) is 3.52. The fourth-order valence-electron chi connectivity index (χ4n) is 5.50. The van der Waals surface area contributed by atoms with E-state index in [0.717, 1.165) is 18.5 Å². The van der Waals surface area contributed by atoms with Gasteiger partial charge in [-0.05, 0) is 69.5 Å². The number of aryl methyl sites for hydroxylation is 1. The molecule has 0 saturated carbocycles. The molecule has 0 spiro atoms. The molecule has 13 heteroatoms. The van der Waals surface area contributed by atoms with E-state index in [-0.39, 0.29) is 24.1 Å². The second-order valence-corrected chi connectivity index (χ2v) is 11.6. The van der Waals surface area contributed by atoms with E-state index in [0.29, 0.717) is 77.3 Å². The Labute approximate surface area is 284 Å². The Kier molecular flexibility index (Phi) is 11.7. The number of ether oxygens (including phenoxy) is 5. The molecule has 5 rings (SSSR count). The molecule has 0 atom stereocenters. The topological polar surface area (TPSA) is 126 Å². The summed E-state index contributed by atoms with van der Waals surface area (Å²) in [7, 11) is 3.15. The highest BCUT2D eigenvalue weighted by molar-refractivity contribution is 7.99. The van der Waals surface area contributed by atoms with E-state index >= 15 is 0 Å². The molecule has 4 aromatic rings. The zero-order valence-electron chi connectivity index (χ0n) is 27.9. The summed E-state index contributed by atoms with van der Waals surface area (Å²) < 4.78 is 30.4. The number of anilines is 1. The van der Waals surface area contributed by atoms with Crippen molar-refractivity contribution < 1.29 is 33.3 Å². The Hall–Kier alpha value is -4.91. The van der Waals surface area contributed by atoms with Crippen LogP contribution in [0.1, 0.15) is 48.9 Å². The maximum Gasteiger partial charge on any atom is 0.251 e. The lowest BCUT2D eigenvalue weighted by molar-refractivity contribution is -0.116. The van der Waals surface area contributed by atoms with Crippen LogP contribution in [0.5, 0.6) is 28.7 Å². The summed E-state index contributed by atoms with van der Waals surface area (Å²) in [5, 5.41) is 12.3. The summed E-state index contributed by atoms with van der Waals surface area (Å²) in [6.07, 6.45) is 1.85. The van der Waals surface area contributed by atoms with Gasteiger partial charge >= 0.3 is 0 Å². The SMILES string of the molecule is CCOc1cc(C(=O)NCc2nnc(SCC(=O)N3CCCc4ccccc43)n2-c2cc(OC)ccc2OC)cc(OCC)c1OCC. The fourth-order valence-corrected chi connectivity index (χ4v) is 6.34. The molecule has 2 heterocycles. The minimum atomic E-state index is -0.375. The van der Waals surface area contributed by atoms with Crippen LogP contribution in [0.2, 0.25) is 0 Å². The van der Waals surface area contributed by atoms with Gasteiger partial charge in [0.25, 0.3) is 5.91 Å². The first-order chi connectivity index (χ1) is 23.4. The molecular formula is C35H41N5O7S. The van der Waals surface area contributed by atoms with E-state index < -0.39 is 0 Å². The predicted octanol–water partition coefficient (Wildman–Crippen LogP) is 5.48. The monoisotopic (exact) mass is 675 g/mol. The van der Waals surface area contributed by atoms with Gasteiger partial charge in [0.05, 0.1) is 52.0 Å². The summed E-state index contributed by atoms with van der Waals surface area (Å²) in [4.78, 5) is 28.9. The number of amides is 2. The number of hydrogen-bond donors (Lipinski definition) is 1. The molecule has 1 aromatic heterocycles. The number of rotatable bonds is 15. The number of carbonyl (C=O) groups excluding carboxylic acids is 2. The molecule has 0 bridgehead atoms. The van der Waals surface area contributed by atoms with Crippen LogP contribution in [0.15, 0.2) is 59.8 Å². The minimum Gasteiger partial charge on any atom is -0.497 e. The number of aromatic nitrogens is 3. The highest BCUT2D eigenvalue weighted by Gasteiger charge is 2.25. The highest BCUT2D eigenvalue weighted by Crippen LogP contribution is 2.39. The van der Waals surface area contributed by atoms with E-state index in [1.54, 1.807) is 49.1 Å². The van der Waals surface area contributed by atoms with E-state index in [1.165, 1.54) is 17.3 Å². The molecule has 1 aliphatic heterocycles. The van der Waals surface area contributed by atoms with Gasteiger partial charge in [-0.3, -0.25) is 14.2 Å². The lowest BCUT2D eigenvalue weighted by Gasteiger charge is -2.29. The summed E-state index contributed by atoms with van der Waals surface area (Å²) >= 11 is 1.27. The third-order valence-electron chi connectivity index (χ3n) is 7.64. The first kappa shape index (κ1) is 34.4. The average molecular weight is 676 g/mol. The minimum absolute atomic E-state index is 0.0152. The van der Waals surface area contributed by atoms with Crippen molar-refractivity contribution in [2.45, 2.75) is 45.3 Å². The summed E-state index contributed by atoms with van der Waals surface area (Å²) in [5.74, 6) is 2.57. The van der Waals surface area contributed by atoms with Crippen LogP contribution < -0.4 is 33.9 Å². The first-order valence-electron chi connectivity index (χ1n) is 15.9. The number of para-hydroxylation sites is 1. The number of methoxy groups -OCH3 is 2. The smallest absolute Gasteiger partial charge is 0.251 e. The van der Waals surface area contributed by atoms with Crippen molar-refractivity contribution in [1.29, 1.82) is 0 Å². The molecule has 0 saturated heterocycles. The second-order valence-electron chi connectivity index (χ2n) is 10.6. The van der Waals surface area contributed by atoms with Crippen molar-refractivity contribution in [1.82, 2.24) is 20.1 Å². The molecule has 48 heavy (non-hydrogen) atoms. The van der Waals surface area contributed by atoms with Crippen LogP contribution >= 0.6 is 11.8 Å². The van der Waals surface area contributed by atoms with Gasteiger partial charge in [0.1, 0.15) is 11.5 Å². The number of fused-ring (bicyclic) bond motifs is 1. The quantitative estimate of drug-likeness (QED) is 0.162. The summed E-state index contributed by atoms with van der Waals surface area (Å²) in [6, 6.07) is 16.6. The molecular weight excluding hydrogens is 634 g/mol. The Morgan fingerprint density at radius 3 is 2.27 bits per heavy atom. The van der Waals surface area contributed by atoms with Crippen molar-refractivity contribution in [3.05, 3.63) is 71.5 Å². The van der Waals surface area contributed by atoms with Crippen LogP contribution in [0.4, 0.5) is 5.69 Å². The third-order valence-corrected chi connectivity index (χ3v) is 8.56. The highest BCUT2D eigenvalue weighted by atomic mass is 32.2. The Morgan fingerprint density at radius 2 is 1.58 bits per heavy atom. The zero-order chi connectivity index (χ0) is 34.0. The molecule has 2 amide bonds. The molecule has 0 radical (unpaired) electrons. The van der Waals surface area contributed by atoms with Crippen LogP contribution in [0, 0.1) is 0 Å². The Balaban J connectivity index is 1.43. The fraction of sp³-hybridized carbons (Fsp3) is 0.371. The van der Waals surface area contributed by atoms with Gasteiger partial charge in [0.15, 0.2) is 22.5 Å². The summed E-state index contributed by atoms with van der Waals surface area (Å²) in [6.45, 7) is 7.44. The van der Waals surface area contributed by atoms with Crippen LogP contribution in [0.25, 0.3) is 5.69 Å². The predicted molar refractivity (Wildman–Crippen MR) is 183 cm³/mol. The van der Waals surface area contributed by atoms with Gasteiger partial charge < -0.3 is 33.9 Å². The number of benzene rings is 3. The number of carbonyl (C=O) groups is 2. The van der Waals surface area contributed by atoms with Crippen LogP contribution in [0.3, 0.4) is 0 Å². The maximum atomic E-state index is 13.5. The molecule has 3 aromatic carbocycles. The molecule has 0 aliphatic carbocycles. The molecule has 0 unspecified atom stereocenters. The Morgan fingerprint density at radius 1 is 0.854 bits per heavy atom. The second kappa shape index (κ2) is 16.3. The van der Waals surface area contributed by atoms with Gasteiger partial charge in [-0.1, -0.05) is 30.0 Å². The number of nitrogens with zero attached hydrogens (tertiary/aromatic N) is 4. The van der Waals surface area contributed by atoms with E-state index in [9.17, 15) is 9.59 Å². The third kappa shape index (κ3) is 7.62. The van der Waals surface area contributed by atoms with Crippen LogP contribution in [-0.4, -0.2) is 72.9 Å². The van der Waals surface area contributed by atoms with Crippen molar-refractivity contribution in [2.24, 2.45) is 0 Å². The van der Waals surface area contributed by atoms with E-state index in [1.807, 2.05) is 43.9 Å². The van der Waals surface area contributed by atoms with Crippen molar-refractivity contribution in [3.63, 3.8) is 0 Å². The molecule has 254 valence electrons. The van der Waals surface area contributed by atoms with E-state index in [2.05, 4.69) is 21.6 Å². The molecule has 0 fully saturated rings. The van der Waals surface area contributed by atoms with Crippen molar-refractivity contribution in [2.75, 3.05) is 51.2 Å². The zero-order valence-corrected chi connectivity index (χ0v) is 28.7. The molecule has 12 nitrogen and oxygen atoms in total. The largest absolute Gasteiger partial charge is 0.497 e. The molecule has 1 N–H and O–H groups in total. The van der Waals surface area contributed by atoms with E-state index in [4.69, 9.17) is 23.7 Å². The Bertz CT molecular complexity index is 1720. The van der Waals surface area contributed by atoms with Crippen molar-refractivity contribution in [3.8, 4) is 34.4 Å². The van der Waals surface area contributed by atoms with Gasteiger partial charge in [0.2, 0.25) is 11.7 Å². The number of thioether (sulfide) groups is 1. The van der Waals surface area contributed by atoms with Crippen molar-refractivity contribution >= 4 is 29.3 Å². The van der Waals surface area contributed by atoms with Gasteiger partial charge in [-0.2, -0.15) is 0 Å². The summed E-state index contributed by atoms with van der Waals surface area (Å²) in [5.41, 5.74) is 3.04.